The average Bonchev–Trinajstić information content (AvgIpc) is 2.33. The number of hydrogen-bond acceptors (Lipinski definition) is 6. The van der Waals surface area contributed by atoms with Crippen LogP contribution in [0.3, 0.4) is 0 Å². The highest BCUT2D eigenvalue weighted by molar-refractivity contribution is 6.28. The first-order valence-corrected chi connectivity index (χ1v) is 7.24. The van der Waals surface area contributed by atoms with Crippen molar-refractivity contribution in [2.45, 2.75) is 46.7 Å². The lowest BCUT2D eigenvalue weighted by molar-refractivity contribution is 0.137. The topological polar surface area (TPSA) is 60.4 Å². The molecule has 0 saturated carbocycles. The standard InChI is InChI=1S/C13H23ClN4O2/c1-6-19-12-15-11(14)16-13(17-12)20-8-7-18(9(2)3)10(4)5/h9-10H,6-8H2,1-5H3. The maximum Gasteiger partial charge on any atom is 0.323 e. The number of nitrogens with zero attached hydrogens (tertiary/aromatic N) is 4. The summed E-state index contributed by atoms with van der Waals surface area (Å²) < 4.78 is 10.7. The molecule has 1 heterocycles. The Hall–Kier alpha value is -1.14. The minimum absolute atomic E-state index is 0.0722. The van der Waals surface area contributed by atoms with Crippen LogP contribution in [0.1, 0.15) is 34.6 Å². The zero-order valence-electron chi connectivity index (χ0n) is 12.8. The Morgan fingerprint density at radius 2 is 1.55 bits per heavy atom. The van der Waals surface area contributed by atoms with Crippen molar-refractivity contribution in [1.82, 2.24) is 19.9 Å². The quantitative estimate of drug-likeness (QED) is 0.735. The van der Waals surface area contributed by atoms with E-state index in [-0.39, 0.29) is 17.3 Å². The summed E-state index contributed by atoms with van der Waals surface area (Å²) in [7, 11) is 0. The van der Waals surface area contributed by atoms with Gasteiger partial charge in [-0.05, 0) is 46.2 Å². The fourth-order valence-electron chi connectivity index (χ4n) is 1.93. The van der Waals surface area contributed by atoms with Gasteiger partial charge in [-0.15, -0.1) is 4.98 Å². The van der Waals surface area contributed by atoms with E-state index >= 15 is 0 Å². The summed E-state index contributed by atoms with van der Waals surface area (Å²) in [5.41, 5.74) is 0. The highest BCUT2D eigenvalue weighted by Gasteiger charge is 2.14. The fraction of sp³-hybridized carbons (Fsp3) is 0.769. The lowest BCUT2D eigenvalue weighted by atomic mass is 10.2. The highest BCUT2D eigenvalue weighted by Crippen LogP contribution is 2.13. The third-order valence-electron chi connectivity index (χ3n) is 2.75. The molecule has 0 N–H and O–H groups in total. The predicted molar refractivity (Wildman–Crippen MR) is 78.5 cm³/mol. The molecule has 1 rings (SSSR count). The van der Waals surface area contributed by atoms with Crippen LogP contribution in [0.25, 0.3) is 0 Å². The molecular formula is C13H23ClN4O2. The average molecular weight is 303 g/mol. The zero-order valence-corrected chi connectivity index (χ0v) is 13.5. The first-order chi connectivity index (χ1) is 9.43. The maximum atomic E-state index is 5.80. The maximum absolute atomic E-state index is 5.80. The van der Waals surface area contributed by atoms with Crippen molar-refractivity contribution >= 4 is 11.6 Å². The molecule has 0 spiro atoms. The molecule has 6 nitrogen and oxygen atoms in total. The van der Waals surface area contributed by atoms with Gasteiger partial charge in [-0.2, -0.15) is 9.97 Å². The van der Waals surface area contributed by atoms with Gasteiger partial charge in [0.15, 0.2) is 0 Å². The van der Waals surface area contributed by atoms with Gasteiger partial charge in [0.05, 0.1) is 6.61 Å². The zero-order chi connectivity index (χ0) is 15.1. The van der Waals surface area contributed by atoms with Gasteiger partial charge in [-0.25, -0.2) is 0 Å². The SMILES string of the molecule is CCOc1nc(Cl)nc(OCCN(C(C)C)C(C)C)n1. The van der Waals surface area contributed by atoms with Crippen LogP contribution in [0.2, 0.25) is 5.28 Å². The lowest BCUT2D eigenvalue weighted by Gasteiger charge is -2.30. The number of ether oxygens (including phenoxy) is 2. The van der Waals surface area contributed by atoms with Gasteiger partial charge < -0.3 is 9.47 Å². The van der Waals surface area contributed by atoms with Crippen molar-refractivity contribution in [1.29, 1.82) is 0 Å². The van der Waals surface area contributed by atoms with Crippen molar-refractivity contribution in [3.63, 3.8) is 0 Å². The van der Waals surface area contributed by atoms with Gasteiger partial charge >= 0.3 is 12.0 Å². The Morgan fingerprint density at radius 1 is 1.00 bits per heavy atom. The van der Waals surface area contributed by atoms with Crippen LogP contribution in [-0.4, -0.2) is 51.7 Å². The van der Waals surface area contributed by atoms with Crippen LogP contribution >= 0.6 is 11.6 Å². The summed E-state index contributed by atoms with van der Waals surface area (Å²) in [6, 6.07) is 1.30. The minimum Gasteiger partial charge on any atom is -0.464 e. The Labute approximate surface area is 125 Å². The second-order valence-electron chi connectivity index (χ2n) is 4.88. The molecule has 0 atom stereocenters. The molecule has 114 valence electrons. The van der Waals surface area contributed by atoms with E-state index < -0.39 is 0 Å². The number of rotatable bonds is 8. The first kappa shape index (κ1) is 16.9. The summed E-state index contributed by atoms with van der Waals surface area (Å²) in [5, 5.41) is 0.0722. The van der Waals surface area contributed by atoms with Crippen LogP contribution in [-0.2, 0) is 0 Å². The smallest absolute Gasteiger partial charge is 0.323 e. The Balaban J connectivity index is 2.56. The normalized spacial score (nSPS) is 11.4. The summed E-state index contributed by atoms with van der Waals surface area (Å²) in [6.45, 7) is 12.2. The van der Waals surface area contributed by atoms with Gasteiger partial charge in [0.1, 0.15) is 6.61 Å². The van der Waals surface area contributed by atoms with Crippen molar-refractivity contribution in [3.05, 3.63) is 5.28 Å². The summed E-state index contributed by atoms with van der Waals surface area (Å²) in [6.07, 6.45) is 0. The molecule has 0 amide bonds. The predicted octanol–water partition coefficient (Wildman–Crippen LogP) is 2.42. The molecule has 0 saturated heterocycles. The van der Waals surface area contributed by atoms with Crippen LogP contribution in [0.5, 0.6) is 12.0 Å². The van der Waals surface area contributed by atoms with E-state index in [4.69, 9.17) is 21.1 Å². The Bertz CT molecular complexity index is 407. The van der Waals surface area contributed by atoms with E-state index in [0.717, 1.165) is 6.54 Å². The molecule has 20 heavy (non-hydrogen) atoms. The van der Waals surface area contributed by atoms with E-state index in [2.05, 4.69) is 47.5 Å². The highest BCUT2D eigenvalue weighted by atomic mass is 35.5. The van der Waals surface area contributed by atoms with Crippen molar-refractivity contribution in [2.75, 3.05) is 19.8 Å². The van der Waals surface area contributed by atoms with Gasteiger partial charge in [-0.3, -0.25) is 4.90 Å². The van der Waals surface area contributed by atoms with E-state index in [1.165, 1.54) is 0 Å². The van der Waals surface area contributed by atoms with Crippen LogP contribution in [0.4, 0.5) is 0 Å². The second kappa shape index (κ2) is 8.21. The van der Waals surface area contributed by atoms with Crippen molar-refractivity contribution < 1.29 is 9.47 Å². The molecule has 0 aliphatic carbocycles. The van der Waals surface area contributed by atoms with E-state index in [9.17, 15) is 0 Å². The Morgan fingerprint density at radius 3 is 2.05 bits per heavy atom. The molecular weight excluding hydrogens is 280 g/mol. The minimum atomic E-state index is 0.0722. The van der Waals surface area contributed by atoms with Crippen LogP contribution in [0, 0.1) is 0 Å². The summed E-state index contributed by atoms with van der Waals surface area (Å²) in [4.78, 5) is 14.1. The van der Waals surface area contributed by atoms with E-state index in [1.807, 2.05) is 6.92 Å². The molecule has 0 bridgehead atoms. The third-order valence-corrected chi connectivity index (χ3v) is 2.92. The molecule has 1 aromatic rings. The van der Waals surface area contributed by atoms with Gasteiger partial charge in [-0.1, -0.05) is 0 Å². The fourth-order valence-corrected chi connectivity index (χ4v) is 2.07. The van der Waals surface area contributed by atoms with Gasteiger partial charge in [0.2, 0.25) is 5.28 Å². The van der Waals surface area contributed by atoms with Crippen LogP contribution < -0.4 is 9.47 Å². The monoisotopic (exact) mass is 302 g/mol. The van der Waals surface area contributed by atoms with Crippen LogP contribution in [0.15, 0.2) is 0 Å². The first-order valence-electron chi connectivity index (χ1n) is 6.87. The molecule has 0 radical (unpaired) electrons. The molecule has 1 aromatic heterocycles. The molecule has 7 heteroatoms. The molecule has 0 fully saturated rings. The van der Waals surface area contributed by atoms with Crippen molar-refractivity contribution in [2.24, 2.45) is 0 Å². The lowest BCUT2D eigenvalue weighted by Crippen LogP contribution is -2.39. The van der Waals surface area contributed by atoms with Gasteiger partial charge in [0.25, 0.3) is 0 Å². The Kier molecular flexibility index (Phi) is 6.95. The largest absolute Gasteiger partial charge is 0.464 e. The molecule has 0 unspecified atom stereocenters. The van der Waals surface area contributed by atoms with Gasteiger partial charge in [0, 0.05) is 18.6 Å². The molecule has 0 aromatic carbocycles. The molecule has 0 aliphatic heterocycles. The number of hydrogen-bond donors (Lipinski definition) is 0. The van der Waals surface area contributed by atoms with E-state index in [1.54, 1.807) is 0 Å². The third kappa shape index (κ3) is 5.46. The number of halogens is 1. The number of aromatic nitrogens is 3. The molecule has 0 aliphatic rings. The van der Waals surface area contributed by atoms with Crippen molar-refractivity contribution in [3.8, 4) is 12.0 Å². The summed E-state index contributed by atoms with van der Waals surface area (Å²) in [5.74, 6) is 0. The van der Waals surface area contributed by atoms with E-state index in [0.29, 0.717) is 25.3 Å². The second-order valence-corrected chi connectivity index (χ2v) is 5.21. The summed E-state index contributed by atoms with van der Waals surface area (Å²) >= 11 is 5.80.